The Morgan fingerprint density at radius 3 is 2.38 bits per heavy atom. The normalized spacial score (nSPS) is 31.1. The molecule has 2 N–H and O–H groups in total. The van der Waals surface area contributed by atoms with Gasteiger partial charge in [-0.1, -0.05) is 36.8 Å². The largest absolute Gasteiger partial charge is 0.273 e. The maximum atomic E-state index is 12.1. The second-order valence-corrected chi connectivity index (χ2v) is 6.81. The Bertz CT molecular complexity index is 580. The SMILES string of the molecule is O=C(NNC(=O)[C@@H]1CC12CCC2)[C@@H]1C[C@@H]1c1ccccc1. The van der Waals surface area contributed by atoms with Gasteiger partial charge in [-0.3, -0.25) is 20.4 Å². The highest BCUT2D eigenvalue weighted by molar-refractivity contribution is 5.88. The molecule has 0 radical (unpaired) electrons. The van der Waals surface area contributed by atoms with Crippen LogP contribution < -0.4 is 10.9 Å². The number of carbonyl (C=O) groups is 2. The van der Waals surface area contributed by atoms with Crippen molar-refractivity contribution in [2.24, 2.45) is 17.3 Å². The van der Waals surface area contributed by atoms with Crippen molar-refractivity contribution in [1.82, 2.24) is 10.9 Å². The van der Waals surface area contributed by atoms with Crippen LogP contribution >= 0.6 is 0 Å². The molecule has 0 heterocycles. The molecule has 4 rings (SSSR count). The highest BCUT2D eigenvalue weighted by Crippen LogP contribution is 2.65. The Labute approximate surface area is 124 Å². The summed E-state index contributed by atoms with van der Waals surface area (Å²) in [7, 11) is 0. The molecule has 1 aromatic rings. The third-order valence-corrected chi connectivity index (χ3v) is 5.52. The summed E-state index contributed by atoms with van der Waals surface area (Å²) >= 11 is 0. The molecular weight excluding hydrogens is 264 g/mol. The van der Waals surface area contributed by atoms with E-state index < -0.39 is 0 Å². The molecule has 3 atom stereocenters. The van der Waals surface area contributed by atoms with Gasteiger partial charge in [-0.15, -0.1) is 0 Å². The van der Waals surface area contributed by atoms with E-state index in [2.05, 4.69) is 23.0 Å². The lowest BCUT2D eigenvalue weighted by molar-refractivity contribution is -0.131. The molecule has 0 aromatic heterocycles. The van der Waals surface area contributed by atoms with E-state index in [-0.39, 0.29) is 23.7 Å². The molecule has 2 amide bonds. The van der Waals surface area contributed by atoms with E-state index in [4.69, 9.17) is 0 Å². The Kier molecular flexibility index (Phi) is 2.81. The zero-order chi connectivity index (χ0) is 14.4. The molecule has 1 spiro atoms. The van der Waals surface area contributed by atoms with E-state index in [9.17, 15) is 9.59 Å². The van der Waals surface area contributed by atoms with Crippen LogP contribution in [0.3, 0.4) is 0 Å². The number of hydrogen-bond donors (Lipinski definition) is 2. The van der Waals surface area contributed by atoms with Gasteiger partial charge >= 0.3 is 0 Å². The minimum absolute atomic E-state index is 0.0000360. The van der Waals surface area contributed by atoms with Crippen LogP contribution in [-0.2, 0) is 9.59 Å². The van der Waals surface area contributed by atoms with Crippen molar-refractivity contribution >= 4 is 11.8 Å². The van der Waals surface area contributed by atoms with Gasteiger partial charge in [-0.25, -0.2) is 0 Å². The maximum absolute atomic E-state index is 12.1. The summed E-state index contributed by atoms with van der Waals surface area (Å²) in [5.41, 5.74) is 6.75. The third-order valence-electron chi connectivity index (χ3n) is 5.52. The molecular formula is C17H20N2O2. The summed E-state index contributed by atoms with van der Waals surface area (Å²) < 4.78 is 0. The lowest BCUT2D eigenvalue weighted by Crippen LogP contribution is -2.44. The van der Waals surface area contributed by atoms with E-state index >= 15 is 0 Å². The fraction of sp³-hybridized carbons (Fsp3) is 0.529. The number of hydrazine groups is 1. The van der Waals surface area contributed by atoms with E-state index in [1.54, 1.807) is 0 Å². The molecule has 110 valence electrons. The minimum Gasteiger partial charge on any atom is -0.273 e. The third kappa shape index (κ3) is 2.23. The molecule has 21 heavy (non-hydrogen) atoms. The quantitative estimate of drug-likeness (QED) is 0.835. The molecule has 0 unspecified atom stereocenters. The summed E-state index contributed by atoms with van der Waals surface area (Å²) in [5.74, 6) is 0.391. The minimum atomic E-state index is -0.0551. The van der Waals surface area contributed by atoms with Crippen LogP contribution in [0.15, 0.2) is 30.3 Å². The van der Waals surface area contributed by atoms with Crippen LogP contribution in [0.2, 0.25) is 0 Å². The molecule has 0 saturated heterocycles. The fourth-order valence-electron chi connectivity index (χ4n) is 3.76. The van der Waals surface area contributed by atoms with Crippen LogP contribution in [0.4, 0.5) is 0 Å². The predicted octanol–water partition coefficient (Wildman–Crippen LogP) is 2.13. The first-order valence-electron chi connectivity index (χ1n) is 7.84. The Balaban J connectivity index is 1.25. The first-order valence-corrected chi connectivity index (χ1v) is 7.84. The van der Waals surface area contributed by atoms with Gasteiger partial charge in [0.2, 0.25) is 11.8 Å². The van der Waals surface area contributed by atoms with Gasteiger partial charge in [0.15, 0.2) is 0 Å². The van der Waals surface area contributed by atoms with Gasteiger partial charge in [0.1, 0.15) is 0 Å². The van der Waals surface area contributed by atoms with Crippen LogP contribution in [-0.4, -0.2) is 11.8 Å². The Hall–Kier alpha value is -1.84. The maximum Gasteiger partial charge on any atom is 0.242 e. The molecule has 0 aliphatic heterocycles. The second-order valence-electron chi connectivity index (χ2n) is 6.81. The van der Waals surface area contributed by atoms with Crippen LogP contribution in [0, 0.1) is 17.3 Å². The Morgan fingerprint density at radius 1 is 1.05 bits per heavy atom. The van der Waals surface area contributed by atoms with Gasteiger partial charge < -0.3 is 0 Å². The molecule has 4 heteroatoms. The number of nitrogens with one attached hydrogen (secondary N) is 2. The van der Waals surface area contributed by atoms with Crippen molar-refractivity contribution in [3.63, 3.8) is 0 Å². The fourth-order valence-corrected chi connectivity index (χ4v) is 3.76. The Morgan fingerprint density at radius 2 is 1.76 bits per heavy atom. The molecule has 3 saturated carbocycles. The van der Waals surface area contributed by atoms with Crippen molar-refractivity contribution < 1.29 is 9.59 Å². The number of amides is 2. The summed E-state index contributed by atoms with van der Waals surface area (Å²) in [4.78, 5) is 24.0. The monoisotopic (exact) mass is 284 g/mol. The molecule has 3 aliphatic rings. The topological polar surface area (TPSA) is 58.2 Å². The number of carbonyl (C=O) groups excluding carboxylic acids is 2. The number of hydrogen-bond acceptors (Lipinski definition) is 2. The van der Waals surface area contributed by atoms with Gasteiger partial charge in [-0.05, 0) is 42.6 Å². The van der Waals surface area contributed by atoms with Crippen molar-refractivity contribution in [3.05, 3.63) is 35.9 Å². The van der Waals surface area contributed by atoms with Crippen molar-refractivity contribution in [2.45, 2.75) is 38.0 Å². The summed E-state index contributed by atoms with van der Waals surface area (Å²) in [6.45, 7) is 0. The van der Waals surface area contributed by atoms with E-state index in [0.717, 1.165) is 12.8 Å². The van der Waals surface area contributed by atoms with E-state index in [1.165, 1.54) is 24.8 Å². The van der Waals surface area contributed by atoms with Crippen LogP contribution in [0.1, 0.15) is 43.6 Å². The molecule has 4 nitrogen and oxygen atoms in total. The summed E-state index contributed by atoms with van der Waals surface area (Å²) in [6.07, 6.45) is 5.48. The molecule has 1 aromatic carbocycles. The summed E-state index contributed by atoms with van der Waals surface area (Å²) in [6, 6.07) is 10.1. The average Bonchev–Trinajstić information content (AvgIpc) is 3.36. The van der Waals surface area contributed by atoms with Gasteiger partial charge in [0.05, 0.1) is 0 Å². The number of benzene rings is 1. The van der Waals surface area contributed by atoms with Crippen LogP contribution in [0.5, 0.6) is 0 Å². The highest BCUT2D eigenvalue weighted by Gasteiger charge is 2.61. The highest BCUT2D eigenvalue weighted by atomic mass is 16.2. The van der Waals surface area contributed by atoms with Gasteiger partial charge in [-0.2, -0.15) is 0 Å². The molecule has 3 fully saturated rings. The van der Waals surface area contributed by atoms with Gasteiger partial charge in [0, 0.05) is 11.8 Å². The van der Waals surface area contributed by atoms with Crippen molar-refractivity contribution in [2.75, 3.05) is 0 Å². The lowest BCUT2D eigenvalue weighted by atomic mass is 9.80. The smallest absolute Gasteiger partial charge is 0.242 e. The lowest BCUT2D eigenvalue weighted by Gasteiger charge is -2.26. The van der Waals surface area contributed by atoms with Crippen molar-refractivity contribution in [3.8, 4) is 0 Å². The van der Waals surface area contributed by atoms with Gasteiger partial charge in [0.25, 0.3) is 0 Å². The average molecular weight is 284 g/mol. The predicted molar refractivity (Wildman–Crippen MR) is 78.0 cm³/mol. The first kappa shape index (κ1) is 12.9. The zero-order valence-electron chi connectivity index (χ0n) is 12.0. The standard InChI is InChI=1S/C17H20N2O2/c20-15(13-9-12(13)11-5-2-1-3-6-11)18-19-16(21)14-10-17(14)7-4-8-17/h1-3,5-6,12-14H,4,7-10H2,(H,18,20)(H,19,21)/t12-,13-,14+/m1/s1. The molecule has 0 bridgehead atoms. The second kappa shape index (κ2) is 4.58. The van der Waals surface area contributed by atoms with E-state index in [1.807, 2.05) is 18.2 Å². The van der Waals surface area contributed by atoms with Crippen molar-refractivity contribution in [1.29, 1.82) is 0 Å². The zero-order valence-corrected chi connectivity index (χ0v) is 12.0. The molecule has 3 aliphatic carbocycles. The van der Waals surface area contributed by atoms with E-state index in [0.29, 0.717) is 11.3 Å². The summed E-state index contributed by atoms with van der Waals surface area (Å²) in [5, 5.41) is 0. The number of rotatable bonds is 3. The first-order chi connectivity index (χ1) is 10.2. The van der Waals surface area contributed by atoms with Crippen LogP contribution in [0.25, 0.3) is 0 Å².